The van der Waals surface area contributed by atoms with Gasteiger partial charge in [0.15, 0.2) is 17.3 Å². The second kappa shape index (κ2) is 6.82. The average molecular weight is 436 g/mol. The predicted octanol–water partition coefficient (Wildman–Crippen LogP) is 5.89. The minimum atomic E-state index is -4.76. The summed E-state index contributed by atoms with van der Waals surface area (Å²) >= 11 is 5.86. The van der Waals surface area contributed by atoms with Gasteiger partial charge in [0.2, 0.25) is 0 Å². The van der Waals surface area contributed by atoms with Crippen molar-refractivity contribution in [3.8, 4) is 17.6 Å². The molecule has 0 amide bonds. The molecule has 0 bridgehead atoms. The summed E-state index contributed by atoms with van der Waals surface area (Å²) in [5, 5.41) is 28.6. The Balaban J connectivity index is 2.07. The van der Waals surface area contributed by atoms with E-state index in [-0.39, 0.29) is 50.6 Å². The third-order valence-electron chi connectivity index (χ3n) is 4.84. The van der Waals surface area contributed by atoms with E-state index in [1.807, 2.05) is 6.07 Å². The van der Waals surface area contributed by atoms with Gasteiger partial charge in [-0.25, -0.2) is 4.39 Å². The summed E-state index contributed by atoms with van der Waals surface area (Å²) < 4.78 is 60.4. The van der Waals surface area contributed by atoms with E-state index in [1.54, 1.807) is 0 Å². The number of alkyl halides is 3. The van der Waals surface area contributed by atoms with Crippen molar-refractivity contribution >= 4 is 22.7 Å². The number of halogens is 5. The van der Waals surface area contributed by atoms with Crippen molar-refractivity contribution < 1.29 is 32.2 Å². The van der Waals surface area contributed by atoms with Crippen molar-refractivity contribution in [2.24, 2.45) is 0 Å². The molecule has 30 heavy (non-hydrogen) atoms. The van der Waals surface area contributed by atoms with Gasteiger partial charge in [0.1, 0.15) is 11.8 Å². The number of phenolic OH excluding ortho intramolecular Hbond substituents is 2. The molecule has 0 spiro atoms. The molecule has 1 aliphatic rings. The summed E-state index contributed by atoms with van der Waals surface area (Å²) in [6.07, 6.45) is -3.84. The lowest BCUT2D eigenvalue weighted by Crippen LogP contribution is -2.09. The summed E-state index contributed by atoms with van der Waals surface area (Å²) in [7, 11) is 0. The molecule has 2 aromatic carbocycles. The molecule has 2 N–H and O–H groups in total. The van der Waals surface area contributed by atoms with Crippen molar-refractivity contribution in [2.75, 3.05) is 0 Å². The van der Waals surface area contributed by atoms with Gasteiger partial charge in [0, 0.05) is 12.0 Å². The maximum absolute atomic E-state index is 14.1. The zero-order valence-electron chi connectivity index (χ0n) is 14.8. The molecule has 4 rings (SSSR count). The second-order valence-corrected chi connectivity index (χ2v) is 7.02. The molecule has 4 nitrogen and oxygen atoms in total. The topological polar surface area (TPSA) is 77.4 Å². The van der Waals surface area contributed by atoms with Crippen LogP contribution in [0.25, 0.3) is 11.1 Å². The van der Waals surface area contributed by atoms with Crippen LogP contribution in [0.5, 0.6) is 11.5 Å². The first-order valence-electron chi connectivity index (χ1n) is 8.44. The summed E-state index contributed by atoms with van der Waals surface area (Å²) in [4.78, 5) is 0. The Kier molecular flexibility index (Phi) is 4.51. The standard InChI is InChI=1S/C21H10ClF4NO3/c22-16-3-10(4-17(23)19(16)29)12-7-13-14(5-11(28)6-15(13)21(24,25)26)18(12)20-9(8-27)1-2-30-20/h1-6,28-29H,7H2. The smallest absolute Gasteiger partial charge is 0.416 e. The number of nitriles is 1. The Morgan fingerprint density at radius 2 is 1.87 bits per heavy atom. The van der Waals surface area contributed by atoms with Gasteiger partial charge in [-0.05, 0) is 52.6 Å². The Labute approximate surface area is 171 Å². The molecule has 0 radical (unpaired) electrons. The molecule has 1 aliphatic carbocycles. The van der Waals surface area contributed by atoms with Gasteiger partial charge in [0.25, 0.3) is 0 Å². The first kappa shape index (κ1) is 19.9. The Hall–Kier alpha value is -3.44. The van der Waals surface area contributed by atoms with Crippen LogP contribution >= 0.6 is 11.6 Å². The van der Waals surface area contributed by atoms with E-state index in [0.29, 0.717) is 6.07 Å². The van der Waals surface area contributed by atoms with E-state index < -0.39 is 29.1 Å². The highest BCUT2D eigenvalue weighted by Gasteiger charge is 2.39. The van der Waals surface area contributed by atoms with Crippen molar-refractivity contribution in [1.29, 1.82) is 5.26 Å². The van der Waals surface area contributed by atoms with E-state index in [9.17, 15) is 33.0 Å². The maximum Gasteiger partial charge on any atom is 0.416 e. The van der Waals surface area contributed by atoms with Crippen LogP contribution in [0.4, 0.5) is 17.6 Å². The van der Waals surface area contributed by atoms with Crippen molar-refractivity contribution in [3.63, 3.8) is 0 Å². The molecule has 0 unspecified atom stereocenters. The lowest BCUT2D eigenvalue weighted by molar-refractivity contribution is -0.138. The van der Waals surface area contributed by atoms with Crippen LogP contribution in [-0.4, -0.2) is 10.2 Å². The highest BCUT2D eigenvalue weighted by Crippen LogP contribution is 2.49. The van der Waals surface area contributed by atoms with Crippen molar-refractivity contribution in [1.82, 2.24) is 0 Å². The molecule has 3 aromatic rings. The number of aromatic hydroxyl groups is 2. The largest absolute Gasteiger partial charge is 0.508 e. The number of rotatable bonds is 2. The molecule has 9 heteroatoms. The lowest BCUT2D eigenvalue weighted by Gasteiger charge is -2.13. The van der Waals surface area contributed by atoms with Gasteiger partial charge in [0.05, 0.1) is 22.4 Å². The van der Waals surface area contributed by atoms with Crippen LogP contribution < -0.4 is 0 Å². The first-order valence-corrected chi connectivity index (χ1v) is 8.82. The highest BCUT2D eigenvalue weighted by molar-refractivity contribution is 6.32. The lowest BCUT2D eigenvalue weighted by atomic mass is 9.96. The fourth-order valence-corrected chi connectivity index (χ4v) is 3.80. The molecule has 0 saturated heterocycles. The SMILES string of the molecule is N#Cc1ccoc1C1=C(c2cc(F)c(O)c(Cl)c2)Cc2c1cc(O)cc2C(F)(F)F. The van der Waals surface area contributed by atoms with Crippen LogP contribution in [0.3, 0.4) is 0 Å². The van der Waals surface area contributed by atoms with E-state index in [4.69, 9.17) is 16.0 Å². The molecule has 1 aromatic heterocycles. The Morgan fingerprint density at radius 3 is 2.50 bits per heavy atom. The Bertz CT molecular complexity index is 1250. The third-order valence-corrected chi connectivity index (χ3v) is 5.13. The van der Waals surface area contributed by atoms with E-state index >= 15 is 0 Å². The van der Waals surface area contributed by atoms with E-state index in [2.05, 4.69) is 0 Å². The van der Waals surface area contributed by atoms with Crippen LogP contribution in [0.2, 0.25) is 5.02 Å². The molecule has 0 atom stereocenters. The molecule has 0 saturated carbocycles. The van der Waals surface area contributed by atoms with Crippen LogP contribution in [0.15, 0.2) is 41.0 Å². The maximum atomic E-state index is 14.1. The van der Waals surface area contributed by atoms with Gasteiger partial charge in [-0.15, -0.1) is 0 Å². The molecule has 0 aliphatic heterocycles. The third kappa shape index (κ3) is 3.08. The minimum absolute atomic E-state index is 0.00776. The molecular weight excluding hydrogens is 426 g/mol. The average Bonchev–Trinajstić information content (AvgIpc) is 3.27. The number of furan rings is 1. The van der Waals surface area contributed by atoms with E-state index in [0.717, 1.165) is 12.1 Å². The monoisotopic (exact) mass is 435 g/mol. The number of nitrogens with zero attached hydrogens (tertiary/aromatic N) is 1. The zero-order valence-corrected chi connectivity index (χ0v) is 15.6. The van der Waals surface area contributed by atoms with Crippen LogP contribution in [0, 0.1) is 17.1 Å². The fraction of sp³-hybridized carbons (Fsp3) is 0.0952. The van der Waals surface area contributed by atoms with Crippen LogP contribution in [-0.2, 0) is 12.6 Å². The number of hydrogen-bond donors (Lipinski definition) is 2. The zero-order chi connectivity index (χ0) is 21.8. The number of benzene rings is 2. The quantitative estimate of drug-likeness (QED) is 0.492. The number of fused-ring (bicyclic) bond motifs is 1. The van der Waals surface area contributed by atoms with E-state index in [1.165, 1.54) is 18.4 Å². The second-order valence-electron chi connectivity index (χ2n) is 6.61. The normalized spacial score (nSPS) is 13.5. The summed E-state index contributed by atoms with van der Waals surface area (Å²) in [6.45, 7) is 0. The summed E-state index contributed by atoms with van der Waals surface area (Å²) in [5.41, 5.74) is -0.738. The molecule has 0 fully saturated rings. The number of phenols is 2. The van der Waals surface area contributed by atoms with Crippen LogP contribution in [0.1, 0.15) is 33.6 Å². The predicted molar refractivity (Wildman–Crippen MR) is 99.2 cm³/mol. The van der Waals surface area contributed by atoms with Gasteiger partial charge in [-0.1, -0.05) is 11.6 Å². The summed E-state index contributed by atoms with van der Waals surface area (Å²) in [6, 6.07) is 7.13. The van der Waals surface area contributed by atoms with Gasteiger partial charge < -0.3 is 14.6 Å². The summed E-state index contributed by atoms with van der Waals surface area (Å²) in [5.74, 6) is -2.49. The van der Waals surface area contributed by atoms with Gasteiger partial charge in [-0.2, -0.15) is 18.4 Å². The highest BCUT2D eigenvalue weighted by atomic mass is 35.5. The fourth-order valence-electron chi connectivity index (χ4n) is 3.59. The molecule has 1 heterocycles. The van der Waals surface area contributed by atoms with Gasteiger partial charge in [-0.3, -0.25) is 0 Å². The van der Waals surface area contributed by atoms with Crippen molar-refractivity contribution in [2.45, 2.75) is 12.6 Å². The minimum Gasteiger partial charge on any atom is -0.508 e. The number of hydrogen-bond acceptors (Lipinski definition) is 4. The first-order chi connectivity index (χ1) is 14.1. The number of allylic oxidation sites excluding steroid dienone is 1. The van der Waals surface area contributed by atoms with Gasteiger partial charge >= 0.3 is 6.18 Å². The molecule has 152 valence electrons. The van der Waals surface area contributed by atoms with Crippen molar-refractivity contribution in [3.05, 3.63) is 81.0 Å². The Morgan fingerprint density at radius 1 is 1.13 bits per heavy atom. The molecular formula is C21H10ClF4NO3.